The lowest BCUT2D eigenvalue weighted by Crippen LogP contribution is -1.84. The highest BCUT2D eigenvalue weighted by Crippen LogP contribution is 2.39. The number of pyridine rings is 1. The molecule has 7 heteroatoms. The van der Waals surface area contributed by atoms with E-state index >= 15 is 0 Å². The van der Waals surface area contributed by atoms with Crippen LogP contribution in [0.1, 0.15) is 5.69 Å². The highest BCUT2D eigenvalue weighted by atomic mass is 32.7. The first-order valence-corrected chi connectivity index (χ1v) is 5.99. The summed E-state index contributed by atoms with van der Waals surface area (Å²) in [6.45, 7) is -3.92. The number of thiol groups is 1. The zero-order chi connectivity index (χ0) is 10.3. The molecule has 0 saturated carbocycles. The van der Waals surface area contributed by atoms with Crippen molar-refractivity contribution in [2.24, 2.45) is 0 Å². The van der Waals surface area contributed by atoms with Crippen LogP contribution in [0.25, 0.3) is 0 Å². The summed E-state index contributed by atoms with van der Waals surface area (Å²) in [5.41, 5.74) is 0.715. The van der Waals surface area contributed by atoms with Crippen LogP contribution >= 0.6 is 19.0 Å². The molecule has 0 spiro atoms. The van der Waals surface area contributed by atoms with Crippen LogP contribution < -0.4 is 0 Å². The number of hydrogen-bond acceptors (Lipinski definition) is 3. The van der Waals surface area contributed by atoms with Gasteiger partial charge in [0.15, 0.2) is 0 Å². The summed E-state index contributed by atoms with van der Waals surface area (Å²) in [4.78, 5) is 18.8. The van der Waals surface area contributed by atoms with E-state index in [9.17, 15) is 4.57 Å². The number of aromatic nitrogens is 1. The minimum atomic E-state index is -3.94. The van der Waals surface area contributed by atoms with Crippen LogP contribution in [-0.2, 0) is 11.2 Å². The van der Waals surface area contributed by atoms with Crippen molar-refractivity contribution in [1.82, 2.24) is 4.98 Å². The molecule has 0 atom stereocenters. The third-order valence-electron chi connectivity index (χ3n) is 0.888. The number of hydrogen-bond donors (Lipinski definition) is 4. The molecule has 5 nitrogen and oxygen atoms in total. The Balaban J connectivity index is 0.000000252. The fourth-order valence-corrected chi connectivity index (χ4v) is 0.492. The molecule has 0 aromatic carbocycles. The molecule has 1 aromatic heterocycles. The monoisotopic (exact) mass is 223 g/mol. The van der Waals surface area contributed by atoms with Gasteiger partial charge in [0, 0.05) is 6.20 Å². The molecule has 0 amide bonds. The molecule has 13 heavy (non-hydrogen) atoms. The first-order valence-electron chi connectivity index (χ1n) is 3.22. The van der Waals surface area contributed by atoms with E-state index in [-0.39, 0.29) is 6.61 Å². The van der Waals surface area contributed by atoms with Crippen molar-refractivity contribution in [2.75, 3.05) is 0 Å². The van der Waals surface area contributed by atoms with Crippen molar-refractivity contribution in [2.45, 2.75) is 6.61 Å². The number of aliphatic hydroxyl groups is 1. The molecule has 0 aliphatic heterocycles. The predicted molar refractivity (Wildman–Crippen MR) is 51.2 cm³/mol. The standard InChI is InChI=1S/C6H7NO.H3O3PS/c8-5-6-3-1-2-4-7-6;1-4(2,3)5/h1-4,8H,5H2;(H3,1,2,3,5). The summed E-state index contributed by atoms with van der Waals surface area (Å²) in [6.07, 6.45) is 1.66. The number of aliphatic hydroxyl groups excluding tert-OH is 1. The first kappa shape index (κ1) is 12.6. The quantitative estimate of drug-likeness (QED) is 0.413. The minimum absolute atomic E-state index is 0.0286. The van der Waals surface area contributed by atoms with Gasteiger partial charge in [0.2, 0.25) is 0 Å². The van der Waals surface area contributed by atoms with Gasteiger partial charge in [0.25, 0.3) is 0 Å². The van der Waals surface area contributed by atoms with E-state index in [1.807, 2.05) is 12.1 Å². The zero-order valence-electron chi connectivity index (χ0n) is 6.61. The highest BCUT2D eigenvalue weighted by molar-refractivity contribution is 8.43. The maximum absolute atomic E-state index is 9.19. The van der Waals surface area contributed by atoms with Crippen LogP contribution in [0.4, 0.5) is 0 Å². The highest BCUT2D eigenvalue weighted by Gasteiger charge is 1.97. The molecule has 0 radical (unpaired) electrons. The smallest absolute Gasteiger partial charge is 0.380 e. The van der Waals surface area contributed by atoms with E-state index in [0.717, 1.165) is 0 Å². The lowest BCUT2D eigenvalue weighted by Gasteiger charge is -1.88. The molecule has 0 aliphatic carbocycles. The number of nitrogens with zero attached hydrogens (tertiary/aromatic N) is 1. The molecule has 1 rings (SSSR count). The maximum Gasteiger partial charge on any atom is 0.380 e. The molecule has 74 valence electrons. The van der Waals surface area contributed by atoms with E-state index in [1.54, 1.807) is 12.3 Å². The molecule has 0 bridgehead atoms. The van der Waals surface area contributed by atoms with Crippen LogP contribution in [0.15, 0.2) is 24.4 Å². The van der Waals surface area contributed by atoms with Gasteiger partial charge in [-0.05, 0) is 12.1 Å². The number of rotatable bonds is 1. The van der Waals surface area contributed by atoms with Crippen LogP contribution in [0, 0.1) is 0 Å². The second-order valence-corrected chi connectivity index (χ2v) is 4.58. The Morgan fingerprint density at radius 1 is 1.46 bits per heavy atom. The van der Waals surface area contributed by atoms with Crippen LogP contribution in [0.5, 0.6) is 0 Å². The average molecular weight is 223 g/mol. The van der Waals surface area contributed by atoms with E-state index in [1.165, 1.54) is 0 Å². The van der Waals surface area contributed by atoms with Gasteiger partial charge in [0.05, 0.1) is 12.3 Å². The van der Waals surface area contributed by atoms with Crippen LogP contribution in [-0.4, -0.2) is 19.9 Å². The van der Waals surface area contributed by atoms with Crippen molar-refractivity contribution in [3.8, 4) is 0 Å². The summed E-state index contributed by atoms with van der Waals surface area (Å²) in [5.74, 6) is 0. The predicted octanol–water partition coefficient (Wildman–Crippen LogP) is 0.583. The van der Waals surface area contributed by atoms with Gasteiger partial charge in [-0.1, -0.05) is 18.3 Å². The molecule has 0 fully saturated rings. The second kappa shape index (κ2) is 6.12. The van der Waals surface area contributed by atoms with Crippen molar-refractivity contribution in [3.05, 3.63) is 30.1 Å². The summed E-state index contributed by atoms with van der Waals surface area (Å²) in [5, 5.41) is 8.48. The van der Waals surface area contributed by atoms with Gasteiger partial charge in [-0.25, -0.2) is 4.57 Å². The van der Waals surface area contributed by atoms with Gasteiger partial charge in [-0.2, -0.15) is 0 Å². The van der Waals surface area contributed by atoms with Crippen LogP contribution in [0.3, 0.4) is 0 Å². The summed E-state index contributed by atoms with van der Waals surface area (Å²) >= 11 is 2.79. The Bertz CT molecular complexity index is 267. The zero-order valence-corrected chi connectivity index (χ0v) is 8.40. The Morgan fingerprint density at radius 2 is 2.00 bits per heavy atom. The topological polar surface area (TPSA) is 90.7 Å². The van der Waals surface area contributed by atoms with E-state index in [0.29, 0.717) is 5.69 Å². The molecule has 3 N–H and O–H groups in total. The lowest BCUT2D eigenvalue weighted by molar-refractivity contribution is 0.277. The van der Waals surface area contributed by atoms with Crippen molar-refractivity contribution >= 4 is 19.0 Å². The van der Waals surface area contributed by atoms with Gasteiger partial charge >= 0.3 is 6.80 Å². The first-order chi connectivity index (χ1) is 5.93. The average Bonchev–Trinajstić information content (AvgIpc) is 2.03. The van der Waals surface area contributed by atoms with Gasteiger partial charge in [-0.15, -0.1) is 0 Å². The Hall–Kier alpha value is -0.390. The second-order valence-electron chi connectivity index (χ2n) is 1.99. The maximum atomic E-state index is 9.19. The van der Waals surface area contributed by atoms with E-state index in [4.69, 9.17) is 14.9 Å². The van der Waals surface area contributed by atoms with Crippen molar-refractivity contribution in [1.29, 1.82) is 0 Å². The molecule has 0 saturated heterocycles. The molecule has 1 heterocycles. The minimum Gasteiger partial charge on any atom is -0.390 e. The molecule has 1 aromatic rings. The third-order valence-corrected chi connectivity index (χ3v) is 0.888. The van der Waals surface area contributed by atoms with Crippen molar-refractivity contribution in [3.63, 3.8) is 0 Å². The summed E-state index contributed by atoms with van der Waals surface area (Å²) < 4.78 is 9.19. The van der Waals surface area contributed by atoms with Gasteiger partial charge in [-0.3, -0.25) is 4.98 Å². The van der Waals surface area contributed by atoms with Gasteiger partial charge < -0.3 is 14.9 Å². The van der Waals surface area contributed by atoms with Crippen LogP contribution in [0.2, 0.25) is 0 Å². The largest absolute Gasteiger partial charge is 0.390 e. The SMILES string of the molecule is O=P(O)(O)S.OCc1ccccn1. The fourth-order valence-electron chi connectivity index (χ4n) is 0.492. The normalized spacial score (nSPS) is 10.2. The lowest BCUT2D eigenvalue weighted by atomic mass is 10.4. The molecule has 0 unspecified atom stereocenters. The van der Waals surface area contributed by atoms with Crippen molar-refractivity contribution < 1.29 is 19.5 Å². The summed E-state index contributed by atoms with van der Waals surface area (Å²) in [6, 6.07) is 5.44. The Morgan fingerprint density at radius 3 is 2.23 bits per heavy atom. The third kappa shape index (κ3) is 11.6. The summed E-state index contributed by atoms with van der Waals surface area (Å²) in [7, 11) is 0. The molecule has 0 aliphatic rings. The molecular formula is C6H10NO4PS. The van der Waals surface area contributed by atoms with Gasteiger partial charge in [0.1, 0.15) is 0 Å². The van der Waals surface area contributed by atoms with E-state index in [2.05, 4.69) is 17.2 Å². The molecular weight excluding hydrogens is 213 g/mol. The Labute approximate surface area is 80.8 Å². The van der Waals surface area contributed by atoms with E-state index < -0.39 is 6.80 Å². The Kier molecular flexibility index (Phi) is 5.94. The fraction of sp³-hybridized carbons (Fsp3) is 0.167.